The molecule has 0 fully saturated rings. The molecule has 96 valence electrons. The highest BCUT2D eigenvalue weighted by Gasteiger charge is 2.28. The summed E-state index contributed by atoms with van der Waals surface area (Å²) in [5, 5.41) is 0.579. The first kappa shape index (κ1) is 14.1. The molecule has 1 aromatic rings. The van der Waals surface area contributed by atoms with Gasteiger partial charge in [-0.2, -0.15) is 0 Å². The number of hydrogen-bond donors (Lipinski definition) is 1. The maximum atomic E-state index is 6.26. The number of rotatable bonds is 3. The molecule has 0 saturated heterocycles. The SMILES string of the molecule is COc1c(C)c(C(C)(C)N)c(OC)c(C)c1Cl. The Morgan fingerprint density at radius 2 is 1.47 bits per heavy atom. The summed E-state index contributed by atoms with van der Waals surface area (Å²) in [6.45, 7) is 7.71. The van der Waals surface area contributed by atoms with E-state index in [2.05, 4.69) is 0 Å². The average Bonchev–Trinajstić information content (AvgIpc) is 2.22. The summed E-state index contributed by atoms with van der Waals surface area (Å²) >= 11 is 6.26. The van der Waals surface area contributed by atoms with E-state index in [0.29, 0.717) is 10.8 Å². The molecule has 0 spiro atoms. The quantitative estimate of drug-likeness (QED) is 0.905. The molecule has 1 rings (SSSR count). The zero-order chi connectivity index (χ0) is 13.4. The van der Waals surface area contributed by atoms with Crippen molar-refractivity contribution >= 4 is 11.6 Å². The molecule has 0 atom stereocenters. The Kier molecular flexibility index (Phi) is 3.95. The number of benzene rings is 1. The monoisotopic (exact) mass is 257 g/mol. The van der Waals surface area contributed by atoms with Crippen molar-refractivity contribution in [3.05, 3.63) is 21.7 Å². The standard InChI is InChI=1S/C13H20ClNO2/c1-7-9(13(3,4)15)11(16-5)8(2)10(14)12(7)17-6/h15H2,1-6H3. The van der Waals surface area contributed by atoms with Gasteiger partial charge in [0.1, 0.15) is 11.5 Å². The van der Waals surface area contributed by atoms with Crippen LogP contribution in [0.3, 0.4) is 0 Å². The lowest BCUT2D eigenvalue weighted by atomic mass is 9.88. The summed E-state index contributed by atoms with van der Waals surface area (Å²) in [6, 6.07) is 0. The van der Waals surface area contributed by atoms with Gasteiger partial charge in [0.2, 0.25) is 0 Å². The van der Waals surface area contributed by atoms with Crippen molar-refractivity contribution in [2.45, 2.75) is 33.2 Å². The van der Waals surface area contributed by atoms with Crippen molar-refractivity contribution in [2.75, 3.05) is 14.2 Å². The van der Waals surface area contributed by atoms with Gasteiger partial charge in [-0.15, -0.1) is 0 Å². The highest BCUT2D eigenvalue weighted by atomic mass is 35.5. The van der Waals surface area contributed by atoms with Gasteiger partial charge in [-0.1, -0.05) is 11.6 Å². The van der Waals surface area contributed by atoms with Crippen LogP contribution in [0.25, 0.3) is 0 Å². The molecule has 0 saturated carbocycles. The minimum Gasteiger partial charge on any atom is -0.496 e. The van der Waals surface area contributed by atoms with E-state index in [0.717, 1.165) is 22.4 Å². The lowest BCUT2D eigenvalue weighted by Crippen LogP contribution is -2.30. The minimum atomic E-state index is -0.516. The number of nitrogens with two attached hydrogens (primary N) is 1. The Balaban J connectivity index is 3.74. The Bertz CT molecular complexity index is 436. The second-order valence-corrected chi connectivity index (χ2v) is 5.11. The van der Waals surface area contributed by atoms with Gasteiger partial charge in [0, 0.05) is 22.2 Å². The number of ether oxygens (including phenoxy) is 2. The molecule has 0 bridgehead atoms. The van der Waals surface area contributed by atoms with Gasteiger partial charge in [0.15, 0.2) is 0 Å². The molecule has 0 radical (unpaired) electrons. The first-order valence-corrected chi connectivity index (χ1v) is 5.83. The van der Waals surface area contributed by atoms with Crippen molar-refractivity contribution in [2.24, 2.45) is 5.73 Å². The molecule has 17 heavy (non-hydrogen) atoms. The van der Waals surface area contributed by atoms with Crippen LogP contribution in [-0.4, -0.2) is 14.2 Å². The van der Waals surface area contributed by atoms with Gasteiger partial charge in [-0.3, -0.25) is 0 Å². The van der Waals surface area contributed by atoms with Crippen LogP contribution < -0.4 is 15.2 Å². The van der Waals surface area contributed by atoms with Gasteiger partial charge in [-0.25, -0.2) is 0 Å². The van der Waals surface area contributed by atoms with Crippen LogP contribution in [0, 0.1) is 13.8 Å². The topological polar surface area (TPSA) is 44.5 Å². The van der Waals surface area contributed by atoms with Gasteiger partial charge in [0.05, 0.1) is 19.2 Å². The molecular weight excluding hydrogens is 238 g/mol. The highest BCUT2D eigenvalue weighted by molar-refractivity contribution is 6.33. The molecular formula is C13H20ClNO2. The predicted molar refractivity (Wildman–Crippen MR) is 71.2 cm³/mol. The van der Waals surface area contributed by atoms with Crippen LogP contribution in [-0.2, 0) is 5.54 Å². The number of hydrogen-bond acceptors (Lipinski definition) is 3. The molecule has 0 unspecified atom stereocenters. The summed E-state index contributed by atoms with van der Waals surface area (Å²) in [5.41, 5.74) is 8.39. The van der Waals surface area contributed by atoms with Crippen molar-refractivity contribution in [1.29, 1.82) is 0 Å². The van der Waals surface area contributed by atoms with E-state index in [1.165, 1.54) is 0 Å². The zero-order valence-electron chi connectivity index (χ0n) is 11.3. The first-order chi connectivity index (χ1) is 7.75. The molecule has 0 aliphatic carbocycles. The molecule has 0 heterocycles. The van der Waals surface area contributed by atoms with Crippen LogP contribution in [0.15, 0.2) is 0 Å². The molecule has 2 N–H and O–H groups in total. The fourth-order valence-electron chi connectivity index (χ4n) is 2.18. The van der Waals surface area contributed by atoms with Crippen LogP contribution in [0.1, 0.15) is 30.5 Å². The van der Waals surface area contributed by atoms with E-state index in [9.17, 15) is 0 Å². The minimum absolute atomic E-state index is 0.516. The van der Waals surface area contributed by atoms with E-state index in [1.54, 1.807) is 14.2 Å². The van der Waals surface area contributed by atoms with E-state index >= 15 is 0 Å². The van der Waals surface area contributed by atoms with Crippen LogP contribution in [0.2, 0.25) is 5.02 Å². The molecule has 4 heteroatoms. The van der Waals surface area contributed by atoms with Crippen LogP contribution >= 0.6 is 11.6 Å². The summed E-state index contributed by atoms with van der Waals surface area (Å²) in [6.07, 6.45) is 0. The maximum Gasteiger partial charge on any atom is 0.141 e. The molecule has 0 aliphatic heterocycles. The molecule has 0 aromatic heterocycles. The third kappa shape index (κ3) is 2.35. The summed E-state index contributed by atoms with van der Waals surface area (Å²) in [7, 11) is 3.23. The Hall–Kier alpha value is -0.930. The predicted octanol–water partition coefficient (Wildman–Crippen LogP) is 3.17. The number of halogens is 1. The lowest BCUT2D eigenvalue weighted by Gasteiger charge is -2.27. The summed E-state index contributed by atoms with van der Waals surface area (Å²) < 4.78 is 10.8. The number of methoxy groups -OCH3 is 2. The lowest BCUT2D eigenvalue weighted by molar-refractivity contribution is 0.379. The van der Waals surface area contributed by atoms with Crippen molar-refractivity contribution in [3.8, 4) is 11.5 Å². The van der Waals surface area contributed by atoms with E-state index in [4.69, 9.17) is 26.8 Å². The molecule has 0 amide bonds. The van der Waals surface area contributed by atoms with E-state index in [1.807, 2.05) is 27.7 Å². The largest absolute Gasteiger partial charge is 0.496 e. The third-order valence-electron chi connectivity index (χ3n) is 2.86. The van der Waals surface area contributed by atoms with E-state index in [-0.39, 0.29) is 0 Å². The maximum absolute atomic E-state index is 6.26. The normalized spacial score (nSPS) is 11.5. The fourth-order valence-corrected chi connectivity index (χ4v) is 2.48. The van der Waals surface area contributed by atoms with Crippen LogP contribution in [0.4, 0.5) is 0 Å². The fraction of sp³-hybridized carbons (Fsp3) is 0.538. The smallest absolute Gasteiger partial charge is 0.141 e. The molecule has 1 aromatic carbocycles. The van der Waals surface area contributed by atoms with Gasteiger partial charge in [0.25, 0.3) is 0 Å². The first-order valence-electron chi connectivity index (χ1n) is 5.45. The van der Waals surface area contributed by atoms with Crippen molar-refractivity contribution in [3.63, 3.8) is 0 Å². The molecule has 3 nitrogen and oxygen atoms in total. The van der Waals surface area contributed by atoms with Crippen LogP contribution in [0.5, 0.6) is 11.5 Å². The van der Waals surface area contributed by atoms with Gasteiger partial charge >= 0.3 is 0 Å². The third-order valence-corrected chi connectivity index (χ3v) is 3.32. The van der Waals surface area contributed by atoms with Gasteiger partial charge in [-0.05, 0) is 27.7 Å². The summed E-state index contributed by atoms with van der Waals surface area (Å²) in [5.74, 6) is 1.40. The average molecular weight is 258 g/mol. The second kappa shape index (κ2) is 4.75. The Morgan fingerprint density at radius 3 is 1.82 bits per heavy atom. The molecule has 0 aliphatic rings. The van der Waals surface area contributed by atoms with Crippen molar-refractivity contribution in [1.82, 2.24) is 0 Å². The van der Waals surface area contributed by atoms with Crippen molar-refractivity contribution < 1.29 is 9.47 Å². The Labute approximate surface area is 108 Å². The zero-order valence-corrected chi connectivity index (χ0v) is 12.0. The van der Waals surface area contributed by atoms with E-state index < -0.39 is 5.54 Å². The summed E-state index contributed by atoms with van der Waals surface area (Å²) in [4.78, 5) is 0. The second-order valence-electron chi connectivity index (χ2n) is 4.73. The highest BCUT2D eigenvalue weighted by Crippen LogP contribution is 2.44. The van der Waals surface area contributed by atoms with Gasteiger partial charge < -0.3 is 15.2 Å². The Morgan fingerprint density at radius 1 is 1.00 bits per heavy atom.